The zero-order valence-electron chi connectivity index (χ0n) is 24.6. The maximum atomic E-state index is 7.01. The van der Waals surface area contributed by atoms with Gasteiger partial charge in [0.15, 0.2) is 0 Å². The van der Waals surface area contributed by atoms with Crippen molar-refractivity contribution in [1.29, 1.82) is 0 Å². The minimum atomic E-state index is 0.689. The maximum Gasteiger partial charge on any atom is 0.0724 e. The number of hydrogen-bond acceptors (Lipinski definition) is 3. The van der Waals surface area contributed by atoms with Crippen LogP contribution in [0.4, 0.5) is 17.1 Å². The Morgan fingerprint density at radius 3 is 2.02 bits per heavy atom. The van der Waals surface area contributed by atoms with Gasteiger partial charge in [-0.2, -0.15) is 0 Å². The number of para-hydroxylation sites is 3. The number of nitrogens with zero attached hydrogens (tertiary/aromatic N) is 3. The summed E-state index contributed by atoms with van der Waals surface area (Å²) >= 11 is 8.85. The van der Waals surface area contributed by atoms with E-state index in [1.807, 2.05) is 35.9 Å². The molecule has 9 aromatic rings. The van der Waals surface area contributed by atoms with Crippen LogP contribution in [-0.4, -0.2) is 9.55 Å². The lowest BCUT2D eigenvalue weighted by molar-refractivity contribution is 1.17. The van der Waals surface area contributed by atoms with E-state index in [0.717, 1.165) is 39.4 Å². The molecule has 0 spiro atoms. The molecular weight excluding hydrogens is 602 g/mol. The normalized spacial score (nSPS) is 11.6. The molecular formula is C41H26ClN3S. The fraction of sp³-hybridized carbons (Fsp3) is 0. The first-order chi connectivity index (χ1) is 22.7. The van der Waals surface area contributed by atoms with Gasteiger partial charge in [0.2, 0.25) is 0 Å². The zero-order chi connectivity index (χ0) is 30.6. The fourth-order valence-corrected chi connectivity index (χ4v) is 8.22. The molecule has 0 atom stereocenters. The number of hydrogen-bond donors (Lipinski definition) is 0. The molecule has 0 fully saturated rings. The molecule has 46 heavy (non-hydrogen) atoms. The van der Waals surface area contributed by atoms with E-state index in [0.29, 0.717) is 5.02 Å². The van der Waals surface area contributed by atoms with Crippen molar-refractivity contribution >= 4 is 82.0 Å². The first-order valence-electron chi connectivity index (χ1n) is 15.2. The van der Waals surface area contributed by atoms with Crippen LogP contribution < -0.4 is 4.90 Å². The molecule has 0 aliphatic carbocycles. The highest BCUT2D eigenvalue weighted by atomic mass is 35.5. The van der Waals surface area contributed by atoms with Gasteiger partial charge < -0.3 is 9.47 Å². The molecule has 0 bridgehead atoms. The van der Waals surface area contributed by atoms with Gasteiger partial charge in [-0.1, -0.05) is 84.4 Å². The summed E-state index contributed by atoms with van der Waals surface area (Å²) in [4.78, 5) is 6.83. The molecule has 3 nitrogen and oxygen atoms in total. The molecule has 3 aromatic heterocycles. The van der Waals surface area contributed by atoms with Crippen LogP contribution in [-0.2, 0) is 0 Å². The Hall–Kier alpha value is -5.42. The highest BCUT2D eigenvalue weighted by Crippen LogP contribution is 2.48. The summed E-state index contributed by atoms with van der Waals surface area (Å²) in [6, 6.07) is 51.2. The van der Waals surface area contributed by atoms with Gasteiger partial charge in [-0.15, -0.1) is 11.3 Å². The van der Waals surface area contributed by atoms with E-state index < -0.39 is 0 Å². The number of anilines is 3. The Morgan fingerprint density at radius 2 is 1.28 bits per heavy atom. The molecule has 0 N–H and O–H groups in total. The van der Waals surface area contributed by atoms with Crippen LogP contribution in [0.3, 0.4) is 0 Å². The average Bonchev–Trinajstić information content (AvgIpc) is 3.65. The first kappa shape index (κ1) is 26.9. The minimum absolute atomic E-state index is 0.689. The topological polar surface area (TPSA) is 21.1 Å². The predicted octanol–water partition coefficient (Wildman–Crippen LogP) is 12.3. The van der Waals surface area contributed by atoms with Crippen LogP contribution in [0, 0.1) is 0 Å². The van der Waals surface area contributed by atoms with Gasteiger partial charge in [0, 0.05) is 70.5 Å². The number of rotatable bonds is 5. The number of pyridine rings is 1. The molecule has 0 radical (unpaired) electrons. The van der Waals surface area contributed by atoms with Gasteiger partial charge in [-0.3, -0.25) is 4.98 Å². The molecule has 0 aliphatic rings. The van der Waals surface area contributed by atoms with Crippen LogP contribution in [0.15, 0.2) is 158 Å². The Balaban J connectivity index is 1.39. The van der Waals surface area contributed by atoms with Gasteiger partial charge >= 0.3 is 0 Å². The van der Waals surface area contributed by atoms with Crippen molar-refractivity contribution in [2.75, 3.05) is 4.90 Å². The standard InChI is InChI=1S/C41H26ClN3S/c42-28-22-27(23-32(24-28)44(29-12-4-1-5-13-29)30-14-6-2-7-15-30)35-25-36-33-20-21-43-26-37(33)45(31-16-8-3-9-17-31)40(36)39-34-18-10-11-19-38(34)46-41(35)39/h1-26H. The third-order valence-electron chi connectivity index (χ3n) is 8.67. The van der Waals surface area contributed by atoms with Gasteiger partial charge in [0.25, 0.3) is 0 Å². The predicted molar refractivity (Wildman–Crippen MR) is 197 cm³/mol. The molecule has 0 amide bonds. The van der Waals surface area contributed by atoms with E-state index in [2.05, 4.69) is 148 Å². The zero-order valence-corrected chi connectivity index (χ0v) is 26.2. The van der Waals surface area contributed by atoms with E-state index in [1.54, 1.807) is 0 Å². The van der Waals surface area contributed by atoms with E-state index in [1.165, 1.54) is 36.5 Å². The average molecular weight is 628 g/mol. The largest absolute Gasteiger partial charge is 0.310 e. The van der Waals surface area contributed by atoms with Crippen LogP contribution in [0.5, 0.6) is 0 Å². The Bertz CT molecular complexity index is 2500. The first-order valence-corrected chi connectivity index (χ1v) is 16.4. The van der Waals surface area contributed by atoms with E-state index in [-0.39, 0.29) is 0 Å². The van der Waals surface area contributed by atoms with Crippen LogP contribution in [0.25, 0.3) is 58.8 Å². The number of fused-ring (bicyclic) bond motifs is 7. The van der Waals surface area contributed by atoms with E-state index in [4.69, 9.17) is 11.6 Å². The van der Waals surface area contributed by atoms with Crippen molar-refractivity contribution in [2.45, 2.75) is 0 Å². The van der Waals surface area contributed by atoms with Gasteiger partial charge in [0.05, 0.1) is 17.2 Å². The van der Waals surface area contributed by atoms with E-state index >= 15 is 0 Å². The second-order valence-corrected chi connectivity index (χ2v) is 12.9. The SMILES string of the molecule is Clc1cc(-c2cc3c4ccncc4n(-c4ccccc4)c3c3c2sc2ccccc23)cc(N(c2ccccc2)c2ccccc2)c1. The number of thiophene rings is 1. The summed E-state index contributed by atoms with van der Waals surface area (Å²) in [5.41, 5.74) is 8.79. The van der Waals surface area contributed by atoms with Gasteiger partial charge in [-0.25, -0.2) is 0 Å². The molecule has 3 heterocycles. The monoisotopic (exact) mass is 627 g/mol. The van der Waals surface area contributed by atoms with Crippen molar-refractivity contribution in [1.82, 2.24) is 9.55 Å². The highest BCUT2D eigenvalue weighted by Gasteiger charge is 2.22. The van der Waals surface area contributed by atoms with Crippen molar-refractivity contribution in [3.63, 3.8) is 0 Å². The molecule has 9 rings (SSSR count). The summed E-state index contributed by atoms with van der Waals surface area (Å²) in [5, 5.41) is 5.55. The van der Waals surface area contributed by atoms with Gasteiger partial charge in [0.1, 0.15) is 0 Å². The Labute approximate surface area is 275 Å². The van der Waals surface area contributed by atoms with Gasteiger partial charge in [-0.05, 0) is 78.4 Å². The molecule has 0 saturated carbocycles. The Morgan fingerprint density at radius 1 is 0.609 bits per heavy atom. The summed E-state index contributed by atoms with van der Waals surface area (Å²) in [6.07, 6.45) is 3.87. The van der Waals surface area contributed by atoms with E-state index in [9.17, 15) is 0 Å². The molecule has 0 unspecified atom stereocenters. The third-order valence-corrected chi connectivity index (χ3v) is 10.1. The molecule has 6 aromatic carbocycles. The second kappa shape index (κ2) is 10.9. The Kier molecular flexibility index (Phi) is 6.37. The summed E-state index contributed by atoms with van der Waals surface area (Å²) in [7, 11) is 0. The summed E-state index contributed by atoms with van der Waals surface area (Å²) in [5.74, 6) is 0. The molecule has 218 valence electrons. The van der Waals surface area contributed by atoms with Crippen molar-refractivity contribution in [3.8, 4) is 16.8 Å². The second-order valence-electron chi connectivity index (χ2n) is 11.4. The van der Waals surface area contributed by atoms with Crippen molar-refractivity contribution in [2.24, 2.45) is 0 Å². The minimum Gasteiger partial charge on any atom is -0.310 e. The third kappa shape index (κ3) is 4.30. The lowest BCUT2D eigenvalue weighted by Crippen LogP contribution is -2.09. The molecule has 0 aliphatic heterocycles. The van der Waals surface area contributed by atoms with Crippen LogP contribution in [0.2, 0.25) is 5.02 Å². The quantitative estimate of drug-likeness (QED) is 0.189. The summed E-state index contributed by atoms with van der Waals surface area (Å²) < 4.78 is 4.87. The van der Waals surface area contributed by atoms with Crippen molar-refractivity contribution in [3.05, 3.63) is 163 Å². The molecule has 0 saturated heterocycles. The van der Waals surface area contributed by atoms with Crippen LogP contribution in [0.1, 0.15) is 0 Å². The lowest BCUT2D eigenvalue weighted by Gasteiger charge is -2.26. The lowest BCUT2D eigenvalue weighted by atomic mass is 9.98. The number of benzene rings is 6. The number of halogens is 1. The smallest absolute Gasteiger partial charge is 0.0724 e. The summed E-state index contributed by atoms with van der Waals surface area (Å²) in [6.45, 7) is 0. The maximum absolute atomic E-state index is 7.01. The molecule has 5 heteroatoms. The number of aromatic nitrogens is 2. The fourth-order valence-electron chi connectivity index (χ4n) is 6.75. The van der Waals surface area contributed by atoms with Crippen molar-refractivity contribution < 1.29 is 0 Å². The highest BCUT2D eigenvalue weighted by molar-refractivity contribution is 7.26. The van der Waals surface area contributed by atoms with Crippen LogP contribution >= 0.6 is 22.9 Å².